The summed E-state index contributed by atoms with van der Waals surface area (Å²) in [5.74, 6) is 0. The Kier molecular flexibility index (Phi) is 3.69. The van der Waals surface area contributed by atoms with Crippen LogP contribution in [0.5, 0.6) is 0 Å². The Balaban J connectivity index is 1.73. The molecule has 1 unspecified atom stereocenters. The summed E-state index contributed by atoms with van der Waals surface area (Å²) in [4.78, 5) is 23.2. The largest absolute Gasteiger partial charge is 0.387 e. The first kappa shape index (κ1) is 15.7. The van der Waals surface area contributed by atoms with Gasteiger partial charge < -0.3 is 14.6 Å². The van der Waals surface area contributed by atoms with Crippen LogP contribution in [0.15, 0.2) is 29.6 Å². The average Bonchev–Trinajstić information content (AvgIpc) is 3.05. The molecule has 24 heavy (non-hydrogen) atoms. The zero-order valence-corrected chi connectivity index (χ0v) is 14.1. The van der Waals surface area contributed by atoms with Gasteiger partial charge in [0.15, 0.2) is 0 Å². The lowest BCUT2D eigenvalue weighted by Gasteiger charge is -2.51. The highest BCUT2D eigenvalue weighted by atomic mass is 16.3. The number of fused-ring (bicyclic) bond motifs is 1. The Morgan fingerprint density at radius 2 is 2.08 bits per heavy atom. The summed E-state index contributed by atoms with van der Waals surface area (Å²) >= 11 is 0. The summed E-state index contributed by atoms with van der Waals surface area (Å²) in [7, 11) is 2.12. The molecule has 1 saturated heterocycles. The summed E-state index contributed by atoms with van der Waals surface area (Å²) in [5.41, 5.74) is -0.393. The fourth-order valence-electron chi connectivity index (χ4n) is 4.73. The maximum absolute atomic E-state index is 12.8. The normalized spacial score (nSPS) is 27.1. The second-order valence-electron chi connectivity index (χ2n) is 7.58. The number of hydrogen-bond donors (Lipinski definition) is 1. The minimum absolute atomic E-state index is 0.0956. The van der Waals surface area contributed by atoms with E-state index in [1.165, 1.54) is 6.33 Å². The number of nitrogens with zero attached hydrogens (tertiary/aromatic N) is 4. The van der Waals surface area contributed by atoms with E-state index in [-0.39, 0.29) is 11.0 Å². The third kappa shape index (κ3) is 2.36. The highest BCUT2D eigenvalue weighted by molar-refractivity contribution is 5.75. The number of rotatable bonds is 2. The molecule has 3 heterocycles. The first-order valence-corrected chi connectivity index (χ1v) is 8.73. The zero-order valence-electron chi connectivity index (χ0n) is 14.1. The van der Waals surface area contributed by atoms with Crippen molar-refractivity contribution in [2.24, 2.45) is 5.41 Å². The van der Waals surface area contributed by atoms with Crippen molar-refractivity contribution in [3.05, 3.63) is 35.1 Å². The molecular weight excluding hydrogens is 304 g/mol. The Bertz CT molecular complexity index is 812. The highest BCUT2D eigenvalue weighted by Gasteiger charge is 2.54. The van der Waals surface area contributed by atoms with Gasteiger partial charge in [-0.05, 0) is 32.4 Å². The van der Waals surface area contributed by atoms with Gasteiger partial charge in [0, 0.05) is 30.9 Å². The monoisotopic (exact) mass is 328 g/mol. The van der Waals surface area contributed by atoms with Crippen LogP contribution >= 0.6 is 0 Å². The van der Waals surface area contributed by atoms with E-state index in [4.69, 9.17) is 0 Å². The van der Waals surface area contributed by atoms with E-state index >= 15 is 0 Å². The second-order valence-corrected chi connectivity index (χ2v) is 7.58. The maximum atomic E-state index is 12.8. The predicted octanol–water partition coefficient (Wildman–Crippen LogP) is 1.42. The topological polar surface area (TPSA) is 71.2 Å². The summed E-state index contributed by atoms with van der Waals surface area (Å²) in [6.07, 6.45) is 9.89. The Hall–Kier alpha value is -1.79. The van der Waals surface area contributed by atoms with Crippen LogP contribution in [0.2, 0.25) is 0 Å². The van der Waals surface area contributed by atoms with Crippen molar-refractivity contribution >= 4 is 10.9 Å². The fourth-order valence-corrected chi connectivity index (χ4v) is 4.73. The van der Waals surface area contributed by atoms with Gasteiger partial charge in [0.05, 0.1) is 23.0 Å². The fraction of sp³-hybridized carbons (Fsp3) is 0.611. The van der Waals surface area contributed by atoms with Gasteiger partial charge in [0.25, 0.3) is 5.56 Å². The van der Waals surface area contributed by atoms with Gasteiger partial charge in [-0.2, -0.15) is 0 Å². The molecule has 0 bridgehead atoms. The van der Waals surface area contributed by atoms with E-state index in [1.54, 1.807) is 17.0 Å². The minimum Gasteiger partial charge on any atom is -0.387 e. The number of aliphatic hydroxyl groups is 1. The van der Waals surface area contributed by atoms with Crippen molar-refractivity contribution in [2.45, 2.75) is 44.2 Å². The first-order valence-electron chi connectivity index (χ1n) is 8.73. The lowest BCUT2D eigenvalue weighted by Crippen LogP contribution is -2.60. The van der Waals surface area contributed by atoms with E-state index in [0.717, 1.165) is 38.8 Å². The average molecular weight is 328 g/mol. The molecule has 1 aliphatic carbocycles. The van der Waals surface area contributed by atoms with Crippen molar-refractivity contribution in [1.82, 2.24) is 19.4 Å². The molecule has 1 saturated carbocycles. The van der Waals surface area contributed by atoms with E-state index in [2.05, 4.69) is 21.9 Å². The van der Waals surface area contributed by atoms with Crippen LogP contribution in [0.25, 0.3) is 10.9 Å². The van der Waals surface area contributed by atoms with Gasteiger partial charge >= 0.3 is 0 Å². The molecule has 128 valence electrons. The maximum Gasteiger partial charge on any atom is 0.261 e. The molecule has 1 N–H and O–H groups in total. The van der Waals surface area contributed by atoms with Gasteiger partial charge in [0.1, 0.15) is 6.33 Å². The third-order valence-corrected chi connectivity index (χ3v) is 6.11. The molecular formula is C18H24N4O2. The molecule has 1 spiro atoms. The number of aromatic nitrogens is 3. The molecule has 4 rings (SSSR count). The molecule has 0 amide bonds. The summed E-state index contributed by atoms with van der Waals surface area (Å²) in [6.45, 7) is 2.13. The SMILES string of the molecule is CN1CCC(O)(Cn2ccc3ncncc3c2=O)C2(CCCC2)C1. The lowest BCUT2D eigenvalue weighted by molar-refractivity contribution is -0.139. The second kappa shape index (κ2) is 5.63. The first-order chi connectivity index (χ1) is 11.5. The highest BCUT2D eigenvalue weighted by Crippen LogP contribution is 2.51. The van der Waals surface area contributed by atoms with Crippen molar-refractivity contribution in [3.8, 4) is 0 Å². The molecule has 2 fully saturated rings. The standard InChI is InChI=1S/C18H24N4O2/c1-21-9-7-18(24,17(11-21)5-2-3-6-17)12-22-8-4-15-14(16(22)23)10-19-13-20-15/h4,8,10,13,24H,2-3,5-7,9,11-12H2,1H3. The molecule has 2 aromatic rings. The molecule has 2 aliphatic rings. The molecule has 6 heteroatoms. The lowest BCUT2D eigenvalue weighted by atomic mass is 9.66. The number of piperidine rings is 1. The van der Waals surface area contributed by atoms with Gasteiger partial charge in [0.2, 0.25) is 0 Å². The number of likely N-dealkylation sites (tertiary alicyclic amines) is 1. The third-order valence-electron chi connectivity index (χ3n) is 6.11. The van der Waals surface area contributed by atoms with Crippen molar-refractivity contribution in [3.63, 3.8) is 0 Å². The zero-order chi connectivity index (χ0) is 16.8. The van der Waals surface area contributed by atoms with Crippen molar-refractivity contribution < 1.29 is 5.11 Å². The van der Waals surface area contributed by atoms with Crippen LogP contribution in [-0.4, -0.2) is 50.3 Å². The molecule has 1 aliphatic heterocycles. The van der Waals surface area contributed by atoms with Gasteiger partial charge in [-0.3, -0.25) is 4.79 Å². The van der Waals surface area contributed by atoms with Crippen LogP contribution in [0.4, 0.5) is 0 Å². The smallest absolute Gasteiger partial charge is 0.261 e. The molecule has 0 radical (unpaired) electrons. The number of hydrogen-bond acceptors (Lipinski definition) is 5. The molecule has 1 atom stereocenters. The quantitative estimate of drug-likeness (QED) is 0.903. The summed E-state index contributed by atoms with van der Waals surface area (Å²) in [5, 5.41) is 12.1. The van der Waals surface area contributed by atoms with Gasteiger partial charge in [-0.15, -0.1) is 0 Å². The van der Waals surface area contributed by atoms with E-state index in [1.807, 2.05) is 6.07 Å². The molecule has 6 nitrogen and oxygen atoms in total. The van der Waals surface area contributed by atoms with Crippen molar-refractivity contribution in [1.29, 1.82) is 0 Å². The number of pyridine rings is 1. The van der Waals surface area contributed by atoms with E-state index in [0.29, 0.717) is 23.9 Å². The van der Waals surface area contributed by atoms with E-state index < -0.39 is 5.60 Å². The Morgan fingerprint density at radius 1 is 1.29 bits per heavy atom. The van der Waals surface area contributed by atoms with Crippen molar-refractivity contribution in [2.75, 3.05) is 20.1 Å². The summed E-state index contributed by atoms with van der Waals surface area (Å²) in [6, 6.07) is 1.83. The predicted molar refractivity (Wildman–Crippen MR) is 91.8 cm³/mol. The molecule has 0 aromatic carbocycles. The van der Waals surface area contributed by atoms with Crippen LogP contribution in [0.3, 0.4) is 0 Å². The summed E-state index contributed by atoms with van der Waals surface area (Å²) < 4.78 is 1.65. The minimum atomic E-state index is -0.830. The van der Waals surface area contributed by atoms with Gasteiger partial charge in [-0.25, -0.2) is 9.97 Å². The van der Waals surface area contributed by atoms with Crippen LogP contribution in [0, 0.1) is 5.41 Å². The van der Waals surface area contributed by atoms with Gasteiger partial charge in [-0.1, -0.05) is 12.8 Å². The van der Waals surface area contributed by atoms with Crippen LogP contribution in [-0.2, 0) is 6.54 Å². The van der Waals surface area contributed by atoms with Crippen LogP contribution < -0.4 is 5.56 Å². The van der Waals surface area contributed by atoms with Crippen LogP contribution in [0.1, 0.15) is 32.1 Å². The van der Waals surface area contributed by atoms with E-state index in [9.17, 15) is 9.90 Å². The molecule has 2 aromatic heterocycles. The Labute approximate surface area is 141 Å². The Morgan fingerprint density at radius 3 is 2.88 bits per heavy atom.